The summed E-state index contributed by atoms with van der Waals surface area (Å²) >= 11 is 0. The third kappa shape index (κ3) is 2.35. The number of hydrogen-bond donors (Lipinski definition) is 0. The Labute approximate surface area is 139 Å². The minimum atomic E-state index is -0.833. The van der Waals surface area contributed by atoms with Crippen LogP contribution in [0.1, 0.15) is 26.4 Å². The summed E-state index contributed by atoms with van der Waals surface area (Å²) in [6.07, 6.45) is 0. The zero-order chi connectivity index (χ0) is 18.5. The van der Waals surface area contributed by atoms with Crippen molar-refractivity contribution in [3.8, 4) is 0 Å². The van der Waals surface area contributed by atoms with Gasteiger partial charge in [-0.1, -0.05) is 6.07 Å². The average Bonchev–Trinajstić information content (AvgIpc) is 2.82. The molecular weight excluding hydrogens is 332 g/mol. The number of nitrogens with zero attached hydrogens (tertiary/aromatic N) is 4. The molecule has 0 unspecified atom stereocenters. The van der Waals surface area contributed by atoms with Gasteiger partial charge < -0.3 is 0 Å². The van der Waals surface area contributed by atoms with Crippen LogP contribution in [-0.2, 0) is 20.6 Å². The molecule has 1 aliphatic rings. The molecule has 2 aromatic rings. The van der Waals surface area contributed by atoms with E-state index in [9.17, 15) is 29.3 Å². The monoisotopic (exact) mass is 344 g/mol. The van der Waals surface area contributed by atoms with Crippen LogP contribution in [0.2, 0.25) is 0 Å². The summed E-state index contributed by atoms with van der Waals surface area (Å²) in [5.41, 5.74) is -1.87. The summed E-state index contributed by atoms with van der Waals surface area (Å²) < 4.78 is 2.02. The summed E-state index contributed by atoms with van der Waals surface area (Å²) in [7, 11) is 2.71. The topological polar surface area (TPSA) is 125 Å². The average molecular weight is 344 g/mol. The Morgan fingerprint density at radius 1 is 1.04 bits per heavy atom. The Hall–Kier alpha value is -3.56. The Bertz CT molecular complexity index is 1060. The first-order valence-corrected chi connectivity index (χ1v) is 7.13. The first kappa shape index (κ1) is 16.3. The van der Waals surface area contributed by atoms with Gasteiger partial charge in [0.2, 0.25) is 0 Å². The van der Waals surface area contributed by atoms with Gasteiger partial charge in [-0.15, -0.1) is 0 Å². The van der Waals surface area contributed by atoms with Gasteiger partial charge in [-0.05, 0) is 6.07 Å². The highest BCUT2D eigenvalue weighted by Crippen LogP contribution is 2.31. The first-order valence-electron chi connectivity index (χ1n) is 7.13. The van der Waals surface area contributed by atoms with Crippen molar-refractivity contribution < 1.29 is 14.5 Å². The Morgan fingerprint density at radius 3 is 2.36 bits per heavy atom. The van der Waals surface area contributed by atoms with E-state index < -0.39 is 33.7 Å². The second-order valence-electron chi connectivity index (χ2n) is 5.53. The van der Waals surface area contributed by atoms with Crippen molar-refractivity contribution in [2.75, 3.05) is 0 Å². The lowest BCUT2D eigenvalue weighted by atomic mass is 10.1. The summed E-state index contributed by atoms with van der Waals surface area (Å²) in [5, 5.41) is 11.1. The van der Waals surface area contributed by atoms with Crippen molar-refractivity contribution in [3.05, 3.63) is 72.0 Å². The molecule has 1 aliphatic heterocycles. The third-order valence-corrected chi connectivity index (χ3v) is 4.12. The van der Waals surface area contributed by atoms with E-state index in [1.54, 1.807) is 0 Å². The van der Waals surface area contributed by atoms with E-state index in [-0.39, 0.29) is 23.4 Å². The number of rotatable bonds is 3. The van der Waals surface area contributed by atoms with Crippen LogP contribution in [0.5, 0.6) is 0 Å². The summed E-state index contributed by atoms with van der Waals surface area (Å²) in [4.78, 5) is 59.8. The van der Waals surface area contributed by atoms with E-state index in [4.69, 9.17) is 0 Å². The van der Waals surface area contributed by atoms with E-state index in [1.807, 2.05) is 0 Å². The molecule has 25 heavy (non-hydrogen) atoms. The molecule has 0 aliphatic carbocycles. The number of carbonyl (C=O) groups is 2. The summed E-state index contributed by atoms with van der Waals surface area (Å²) in [6.45, 7) is -0.342. The van der Waals surface area contributed by atoms with E-state index in [2.05, 4.69) is 0 Å². The largest absolute Gasteiger partial charge is 0.330 e. The molecule has 0 radical (unpaired) electrons. The van der Waals surface area contributed by atoms with Gasteiger partial charge in [-0.2, -0.15) is 0 Å². The Balaban J connectivity index is 2.08. The number of nitro groups is 1. The van der Waals surface area contributed by atoms with Crippen molar-refractivity contribution >= 4 is 17.5 Å². The van der Waals surface area contributed by atoms with Crippen LogP contribution in [0.15, 0.2) is 33.9 Å². The number of hydrogen-bond acceptors (Lipinski definition) is 6. The van der Waals surface area contributed by atoms with Crippen LogP contribution >= 0.6 is 0 Å². The van der Waals surface area contributed by atoms with E-state index in [0.717, 1.165) is 26.2 Å². The lowest BCUT2D eigenvalue weighted by Crippen LogP contribution is -2.40. The predicted octanol–water partition coefficient (Wildman–Crippen LogP) is -0.212. The molecule has 0 N–H and O–H groups in total. The highest BCUT2D eigenvalue weighted by Gasteiger charge is 2.41. The van der Waals surface area contributed by atoms with E-state index >= 15 is 0 Å². The van der Waals surface area contributed by atoms with Gasteiger partial charge in [0, 0.05) is 31.9 Å². The molecule has 1 aromatic heterocycles. The van der Waals surface area contributed by atoms with Crippen LogP contribution in [0.25, 0.3) is 0 Å². The lowest BCUT2D eigenvalue weighted by Gasteiger charge is -2.16. The maximum Gasteiger partial charge on any atom is 0.330 e. The summed E-state index contributed by atoms with van der Waals surface area (Å²) in [5.74, 6) is -1.54. The molecule has 10 nitrogen and oxygen atoms in total. The molecule has 10 heteroatoms. The number of imide groups is 1. The number of fused-ring (bicyclic) bond motifs is 1. The fourth-order valence-electron chi connectivity index (χ4n) is 2.70. The van der Waals surface area contributed by atoms with Crippen molar-refractivity contribution in [1.29, 1.82) is 0 Å². The van der Waals surface area contributed by atoms with Gasteiger partial charge in [0.1, 0.15) is 5.56 Å². The molecule has 0 bridgehead atoms. The fourth-order valence-corrected chi connectivity index (χ4v) is 2.70. The molecule has 1 aromatic carbocycles. The van der Waals surface area contributed by atoms with Crippen LogP contribution in [0.3, 0.4) is 0 Å². The van der Waals surface area contributed by atoms with Crippen LogP contribution in [0.4, 0.5) is 5.69 Å². The van der Waals surface area contributed by atoms with Crippen molar-refractivity contribution in [2.45, 2.75) is 6.54 Å². The van der Waals surface area contributed by atoms with Crippen molar-refractivity contribution in [2.24, 2.45) is 14.1 Å². The molecule has 0 saturated heterocycles. The molecule has 128 valence electrons. The molecular formula is C15H12N4O6. The van der Waals surface area contributed by atoms with Gasteiger partial charge in [-0.25, -0.2) is 4.79 Å². The van der Waals surface area contributed by atoms with Crippen LogP contribution < -0.4 is 11.2 Å². The Kier molecular flexibility index (Phi) is 3.59. The molecule has 0 fully saturated rings. The van der Waals surface area contributed by atoms with Gasteiger partial charge >= 0.3 is 5.69 Å². The standard InChI is InChI=1S/C15H12N4O6/c1-16-8(6-11(20)17(2)15(16)23)7-18-13(21)9-4-3-5-10(19(24)25)12(9)14(18)22/h3-6H,7H2,1-2H3. The lowest BCUT2D eigenvalue weighted by molar-refractivity contribution is -0.385. The number of nitro benzene ring substituents is 1. The zero-order valence-electron chi connectivity index (χ0n) is 13.3. The summed E-state index contributed by atoms with van der Waals surface area (Å²) in [6, 6.07) is 4.92. The molecule has 0 saturated carbocycles. The zero-order valence-corrected chi connectivity index (χ0v) is 13.3. The van der Waals surface area contributed by atoms with Gasteiger partial charge in [0.25, 0.3) is 23.1 Å². The molecule has 2 heterocycles. The minimum absolute atomic E-state index is 0.0759. The second-order valence-corrected chi connectivity index (χ2v) is 5.53. The minimum Gasteiger partial charge on any atom is -0.299 e. The molecule has 3 rings (SSSR count). The molecule has 0 atom stereocenters. The van der Waals surface area contributed by atoms with Crippen LogP contribution in [0, 0.1) is 10.1 Å². The van der Waals surface area contributed by atoms with Crippen molar-refractivity contribution in [3.63, 3.8) is 0 Å². The maximum absolute atomic E-state index is 12.5. The van der Waals surface area contributed by atoms with Gasteiger partial charge in [-0.3, -0.25) is 38.5 Å². The first-order chi connectivity index (χ1) is 11.7. The normalized spacial score (nSPS) is 13.3. The number of benzene rings is 1. The number of amides is 2. The maximum atomic E-state index is 12.5. The van der Waals surface area contributed by atoms with E-state index in [1.165, 1.54) is 26.2 Å². The van der Waals surface area contributed by atoms with Crippen molar-refractivity contribution in [1.82, 2.24) is 14.0 Å². The van der Waals surface area contributed by atoms with E-state index in [0.29, 0.717) is 0 Å². The van der Waals surface area contributed by atoms with Gasteiger partial charge in [0.05, 0.1) is 17.0 Å². The number of carbonyl (C=O) groups excluding carboxylic acids is 2. The fraction of sp³-hybridized carbons (Fsp3) is 0.200. The quantitative estimate of drug-likeness (QED) is 0.431. The SMILES string of the molecule is Cn1c(CN2C(=O)c3cccc([N+](=O)[O-])c3C2=O)cc(=O)n(C)c1=O. The highest BCUT2D eigenvalue weighted by molar-refractivity contribution is 6.23. The Morgan fingerprint density at radius 2 is 1.72 bits per heavy atom. The predicted molar refractivity (Wildman–Crippen MR) is 84.2 cm³/mol. The highest BCUT2D eigenvalue weighted by atomic mass is 16.6. The number of aromatic nitrogens is 2. The smallest absolute Gasteiger partial charge is 0.299 e. The molecule has 0 spiro atoms. The third-order valence-electron chi connectivity index (χ3n) is 4.12. The van der Waals surface area contributed by atoms with Gasteiger partial charge in [0.15, 0.2) is 0 Å². The second kappa shape index (κ2) is 5.51. The molecule has 2 amide bonds. The van der Waals surface area contributed by atoms with Crippen LogP contribution in [-0.4, -0.2) is 30.8 Å².